The van der Waals surface area contributed by atoms with Crippen LogP contribution >= 0.6 is 15.9 Å². The Hall–Kier alpha value is -1.62. The standard InChI is InChI=1S/C8H4BrF2N3O2/c9-7-6(8(10)11)4(1-2-12)3-5(13-7)14(15)16/h3,8H,1H2. The smallest absolute Gasteiger partial charge is 0.358 e. The maximum atomic E-state index is 12.6. The highest BCUT2D eigenvalue weighted by atomic mass is 79.9. The van der Waals surface area contributed by atoms with Gasteiger partial charge in [0.15, 0.2) is 0 Å². The molecular weight excluding hydrogens is 288 g/mol. The van der Waals surface area contributed by atoms with Crippen molar-refractivity contribution in [1.82, 2.24) is 4.98 Å². The second-order valence-electron chi connectivity index (χ2n) is 2.74. The lowest BCUT2D eigenvalue weighted by Crippen LogP contribution is -2.02. The van der Waals surface area contributed by atoms with Gasteiger partial charge in [-0.15, -0.1) is 0 Å². The van der Waals surface area contributed by atoms with Crippen molar-refractivity contribution in [2.75, 3.05) is 0 Å². The first-order valence-electron chi connectivity index (χ1n) is 3.96. The fraction of sp³-hybridized carbons (Fsp3) is 0.250. The minimum Gasteiger partial charge on any atom is -0.358 e. The van der Waals surface area contributed by atoms with Gasteiger partial charge in [0.2, 0.25) is 4.60 Å². The van der Waals surface area contributed by atoms with Gasteiger partial charge in [0.05, 0.1) is 18.1 Å². The van der Waals surface area contributed by atoms with Crippen LogP contribution in [-0.2, 0) is 6.42 Å². The van der Waals surface area contributed by atoms with Crippen LogP contribution in [0, 0.1) is 21.4 Å². The Labute approximate surface area is 97.0 Å². The highest BCUT2D eigenvalue weighted by Crippen LogP contribution is 2.31. The lowest BCUT2D eigenvalue weighted by Gasteiger charge is -2.05. The number of rotatable bonds is 3. The van der Waals surface area contributed by atoms with Crippen LogP contribution in [-0.4, -0.2) is 9.91 Å². The Kier molecular flexibility index (Phi) is 3.84. The Bertz CT molecular complexity index is 473. The monoisotopic (exact) mass is 291 g/mol. The minimum atomic E-state index is -2.84. The molecule has 0 N–H and O–H groups in total. The van der Waals surface area contributed by atoms with Crippen molar-refractivity contribution in [1.29, 1.82) is 5.26 Å². The third kappa shape index (κ3) is 2.49. The van der Waals surface area contributed by atoms with Gasteiger partial charge < -0.3 is 10.1 Å². The SMILES string of the molecule is N#CCc1cc([N+](=O)[O-])nc(Br)c1C(F)F. The Morgan fingerprint density at radius 2 is 2.31 bits per heavy atom. The van der Waals surface area contributed by atoms with Gasteiger partial charge in [-0.05, 0) is 15.5 Å². The number of nitriles is 1. The average molecular weight is 292 g/mol. The van der Waals surface area contributed by atoms with Gasteiger partial charge in [0.1, 0.15) is 0 Å². The molecule has 0 bridgehead atoms. The molecule has 0 aromatic carbocycles. The lowest BCUT2D eigenvalue weighted by molar-refractivity contribution is -0.389. The summed E-state index contributed by atoms with van der Waals surface area (Å²) in [6.45, 7) is 0. The van der Waals surface area contributed by atoms with Crippen LogP contribution in [0.1, 0.15) is 17.6 Å². The second kappa shape index (κ2) is 4.94. The molecule has 0 unspecified atom stereocenters. The molecule has 0 spiro atoms. The summed E-state index contributed by atoms with van der Waals surface area (Å²) in [6.07, 6.45) is -3.17. The van der Waals surface area contributed by atoms with Crippen LogP contribution in [0.4, 0.5) is 14.6 Å². The number of aromatic nitrogens is 1. The molecule has 0 fully saturated rings. The zero-order chi connectivity index (χ0) is 12.3. The minimum absolute atomic E-state index is 0.0916. The summed E-state index contributed by atoms with van der Waals surface area (Å²) in [6, 6.07) is 2.55. The van der Waals surface area contributed by atoms with E-state index in [2.05, 4.69) is 20.9 Å². The van der Waals surface area contributed by atoms with Crippen molar-refractivity contribution in [2.24, 2.45) is 0 Å². The van der Waals surface area contributed by atoms with Gasteiger partial charge in [-0.25, -0.2) is 8.78 Å². The third-order valence-electron chi connectivity index (χ3n) is 1.76. The molecule has 84 valence electrons. The zero-order valence-electron chi connectivity index (χ0n) is 7.65. The van der Waals surface area contributed by atoms with Crippen LogP contribution in [0.5, 0.6) is 0 Å². The molecule has 1 rings (SSSR count). The highest BCUT2D eigenvalue weighted by molar-refractivity contribution is 9.10. The molecule has 1 aromatic rings. The normalized spacial score (nSPS) is 10.2. The Morgan fingerprint density at radius 3 is 2.75 bits per heavy atom. The summed E-state index contributed by atoms with van der Waals surface area (Å²) in [5.41, 5.74) is -0.571. The Morgan fingerprint density at radius 1 is 1.69 bits per heavy atom. The highest BCUT2D eigenvalue weighted by Gasteiger charge is 2.24. The van der Waals surface area contributed by atoms with E-state index in [9.17, 15) is 18.9 Å². The molecule has 0 aliphatic rings. The number of hydrogen-bond acceptors (Lipinski definition) is 4. The van der Waals surface area contributed by atoms with E-state index >= 15 is 0 Å². The van der Waals surface area contributed by atoms with Gasteiger partial charge in [0.25, 0.3) is 6.43 Å². The number of alkyl halides is 2. The molecular formula is C8H4BrF2N3O2. The summed E-state index contributed by atoms with van der Waals surface area (Å²) in [5.74, 6) is -0.568. The fourth-order valence-corrected chi connectivity index (χ4v) is 1.72. The van der Waals surface area contributed by atoms with Crippen molar-refractivity contribution in [3.8, 4) is 6.07 Å². The summed E-state index contributed by atoms with van der Waals surface area (Å²) < 4.78 is 24.9. The van der Waals surface area contributed by atoms with Gasteiger partial charge in [-0.1, -0.05) is 0 Å². The van der Waals surface area contributed by atoms with Gasteiger partial charge in [-0.3, -0.25) is 0 Å². The van der Waals surface area contributed by atoms with Crippen LogP contribution in [0.15, 0.2) is 10.7 Å². The van der Waals surface area contributed by atoms with E-state index in [1.54, 1.807) is 6.07 Å². The van der Waals surface area contributed by atoms with E-state index in [1.807, 2.05) is 0 Å². The quantitative estimate of drug-likeness (QED) is 0.487. The van der Waals surface area contributed by atoms with E-state index in [1.165, 1.54) is 0 Å². The molecule has 1 aromatic heterocycles. The zero-order valence-corrected chi connectivity index (χ0v) is 9.24. The maximum Gasteiger partial charge on any atom is 0.365 e. The summed E-state index contributed by atoms with van der Waals surface area (Å²) in [5, 5.41) is 18.9. The molecule has 0 radical (unpaired) electrons. The number of pyridine rings is 1. The first-order valence-corrected chi connectivity index (χ1v) is 4.75. The molecule has 0 amide bonds. The van der Waals surface area contributed by atoms with Crippen LogP contribution in [0.25, 0.3) is 0 Å². The number of nitrogens with zero attached hydrogens (tertiary/aromatic N) is 3. The molecule has 0 aliphatic heterocycles. The van der Waals surface area contributed by atoms with E-state index in [0.717, 1.165) is 6.07 Å². The van der Waals surface area contributed by atoms with E-state index in [4.69, 9.17) is 5.26 Å². The van der Waals surface area contributed by atoms with Crippen LogP contribution in [0.2, 0.25) is 0 Å². The third-order valence-corrected chi connectivity index (χ3v) is 2.36. The van der Waals surface area contributed by atoms with Crippen molar-refractivity contribution >= 4 is 21.7 Å². The maximum absolute atomic E-state index is 12.6. The van der Waals surface area contributed by atoms with Crippen molar-refractivity contribution in [3.63, 3.8) is 0 Å². The van der Waals surface area contributed by atoms with Crippen LogP contribution < -0.4 is 0 Å². The molecule has 0 saturated heterocycles. The summed E-state index contributed by atoms with van der Waals surface area (Å²) in [4.78, 5) is 13.0. The molecule has 0 atom stereocenters. The van der Waals surface area contributed by atoms with Crippen molar-refractivity contribution < 1.29 is 13.7 Å². The predicted octanol–water partition coefficient (Wildman–Crippen LogP) is 2.76. The second-order valence-corrected chi connectivity index (χ2v) is 3.49. The van der Waals surface area contributed by atoms with Crippen molar-refractivity contribution in [2.45, 2.75) is 12.8 Å². The van der Waals surface area contributed by atoms with Gasteiger partial charge in [-0.2, -0.15) is 5.26 Å². The first-order chi connectivity index (χ1) is 7.47. The molecule has 0 aliphatic carbocycles. The molecule has 16 heavy (non-hydrogen) atoms. The predicted molar refractivity (Wildman–Crippen MR) is 52.9 cm³/mol. The van der Waals surface area contributed by atoms with E-state index in [0.29, 0.717) is 0 Å². The van der Waals surface area contributed by atoms with E-state index < -0.39 is 22.7 Å². The molecule has 1 heterocycles. The summed E-state index contributed by atoms with van der Waals surface area (Å²) >= 11 is 2.73. The molecule has 8 heteroatoms. The first kappa shape index (κ1) is 12.4. The average Bonchev–Trinajstić information content (AvgIpc) is 2.16. The van der Waals surface area contributed by atoms with Crippen LogP contribution in [0.3, 0.4) is 0 Å². The Balaban J connectivity index is 3.40. The van der Waals surface area contributed by atoms with Gasteiger partial charge in [0, 0.05) is 22.0 Å². The van der Waals surface area contributed by atoms with Gasteiger partial charge >= 0.3 is 5.82 Å². The molecule has 0 saturated carbocycles. The van der Waals surface area contributed by atoms with E-state index in [-0.39, 0.29) is 16.6 Å². The van der Waals surface area contributed by atoms with Crippen molar-refractivity contribution in [3.05, 3.63) is 31.9 Å². The lowest BCUT2D eigenvalue weighted by atomic mass is 10.1. The fourth-order valence-electron chi connectivity index (χ4n) is 1.11. The number of halogens is 3. The number of hydrogen-bond donors (Lipinski definition) is 0. The topological polar surface area (TPSA) is 79.8 Å². The largest absolute Gasteiger partial charge is 0.365 e. The summed E-state index contributed by atoms with van der Waals surface area (Å²) in [7, 11) is 0. The molecule has 5 nitrogen and oxygen atoms in total. The number of nitro groups is 1.